The fourth-order valence-electron chi connectivity index (χ4n) is 5.64. The lowest BCUT2D eigenvalue weighted by Gasteiger charge is -2.19. The summed E-state index contributed by atoms with van der Waals surface area (Å²) in [6.45, 7) is 7.05. The van der Waals surface area contributed by atoms with Crippen LogP contribution in [0.5, 0.6) is 0 Å². The number of carbonyl (C=O) groups is 2. The molecule has 1 amide bonds. The van der Waals surface area contributed by atoms with Crippen LogP contribution in [0, 0.1) is 0 Å². The van der Waals surface area contributed by atoms with Crippen molar-refractivity contribution < 1.29 is 14.3 Å². The van der Waals surface area contributed by atoms with E-state index in [-0.39, 0.29) is 17.9 Å². The lowest BCUT2D eigenvalue weighted by molar-refractivity contribution is -0.145. The van der Waals surface area contributed by atoms with Crippen molar-refractivity contribution in [1.29, 1.82) is 0 Å². The second-order valence-corrected chi connectivity index (χ2v) is 12.7. The SMILES string of the molecule is CCCCCCCCCCCCCCC(COC(=O)CCCCCC)NC(=O)CCCCCCCCCCCCC. The maximum atomic E-state index is 12.7. The normalized spacial score (nSPS) is 12.0. The van der Waals surface area contributed by atoms with Gasteiger partial charge in [0.1, 0.15) is 6.61 Å². The minimum atomic E-state index is -0.111. The first-order chi connectivity index (χ1) is 20.1. The quantitative estimate of drug-likeness (QED) is 0.0621. The molecule has 0 aromatic rings. The summed E-state index contributed by atoms with van der Waals surface area (Å²) in [6, 6.07) is -0.0436. The van der Waals surface area contributed by atoms with E-state index in [0.717, 1.165) is 38.5 Å². The van der Waals surface area contributed by atoms with Crippen LogP contribution >= 0.6 is 0 Å². The van der Waals surface area contributed by atoms with Crippen LogP contribution in [0.3, 0.4) is 0 Å². The molecule has 1 atom stereocenters. The molecule has 244 valence electrons. The molecule has 41 heavy (non-hydrogen) atoms. The van der Waals surface area contributed by atoms with Crippen molar-refractivity contribution in [2.75, 3.05) is 6.61 Å². The van der Waals surface area contributed by atoms with E-state index in [2.05, 4.69) is 26.1 Å². The van der Waals surface area contributed by atoms with E-state index in [1.54, 1.807) is 0 Å². The Hall–Kier alpha value is -1.06. The first-order valence-corrected chi connectivity index (χ1v) is 18.6. The second-order valence-electron chi connectivity index (χ2n) is 12.7. The summed E-state index contributed by atoms with van der Waals surface area (Å²) >= 11 is 0. The third kappa shape index (κ3) is 31.7. The molecule has 0 aromatic carbocycles. The van der Waals surface area contributed by atoms with E-state index in [9.17, 15) is 9.59 Å². The molecule has 0 aliphatic carbocycles. The topological polar surface area (TPSA) is 55.4 Å². The third-order valence-electron chi connectivity index (χ3n) is 8.46. The molecular formula is C37H73NO3. The first kappa shape index (κ1) is 39.9. The van der Waals surface area contributed by atoms with Crippen molar-refractivity contribution in [3.05, 3.63) is 0 Å². The number of amides is 1. The highest BCUT2D eigenvalue weighted by molar-refractivity contribution is 5.76. The maximum Gasteiger partial charge on any atom is 0.305 e. The molecule has 1 unspecified atom stereocenters. The van der Waals surface area contributed by atoms with Gasteiger partial charge in [0.15, 0.2) is 0 Å². The minimum Gasteiger partial charge on any atom is -0.463 e. The van der Waals surface area contributed by atoms with Crippen LogP contribution in [0.25, 0.3) is 0 Å². The Labute approximate surface area is 257 Å². The van der Waals surface area contributed by atoms with Gasteiger partial charge in [0.2, 0.25) is 5.91 Å². The molecule has 0 bridgehead atoms. The molecule has 0 fully saturated rings. The van der Waals surface area contributed by atoms with Gasteiger partial charge in [-0.2, -0.15) is 0 Å². The Balaban J connectivity index is 4.10. The summed E-state index contributed by atoms with van der Waals surface area (Å²) in [5.74, 6) is 0.0178. The van der Waals surface area contributed by atoms with E-state index in [0.29, 0.717) is 19.4 Å². The Morgan fingerprint density at radius 2 is 0.805 bits per heavy atom. The van der Waals surface area contributed by atoms with Gasteiger partial charge in [-0.1, -0.05) is 181 Å². The Kier molecular flexibility index (Phi) is 32.6. The zero-order valence-corrected chi connectivity index (χ0v) is 28.2. The summed E-state index contributed by atoms with van der Waals surface area (Å²) in [5.41, 5.74) is 0. The van der Waals surface area contributed by atoms with E-state index < -0.39 is 0 Å². The third-order valence-corrected chi connectivity index (χ3v) is 8.46. The van der Waals surface area contributed by atoms with Gasteiger partial charge in [0.05, 0.1) is 6.04 Å². The number of nitrogens with one attached hydrogen (secondary N) is 1. The van der Waals surface area contributed by atoms with E-state index in [4.69, 9.17) is 4.74 Å². The van der Waals surface area contributed by atoms with Gasteiger partial charge >= 0.3 is 5.97 Å². The van der Waals surface area contributed by atoms with Gasteiger partial charge in [0, 0.05) is 12.8 Å². The van der Waals surface area contributed by atoms with Gasteiger partial charge in [-0.05, 0) is 19.3 Å². The zero-order chi connectivity index (χ0) is 30.1. The van der Waals surface area contributed by atoms with Crippen LogP contribution in [0.1, 0.15) is 213 Å². The van der Waals surface area contributed by atoms with Crippen molar-refractivity contribution >= 4 is 11.9 Å². The summed E-state index contributed by atoms with van der Waals surface area (Å²) in [4.78, 5) is 24.9. The molecule has 0 saturated carbocycles. The maximum absolute atomic E-state index is 12.7. The second kappa shape index (κ2) is 33.4. The van der Waals surface area contributed by atoms with E-state index >= 15 is 0 Å². The minimum absolute atomic E-state index is 0.0436. The monoisotopic (exact) mass is 580 g/mol. The molecule has 4 nitrogen and oxygen atoms in total. The summed E-state index contributed by atoms with van der Waals surface area (Å²) < 4.78 is 5.60. The molecule has 0 saturated heterocycles. The number of unbranched alkanes of at least 4 members (excludes halogenated alkanes) is 24. The smallest absolute Gasteiger partial charge is 0.305 e. The molecular weight excluding hydrogens is 506 g/mol. The standard InChI is InChI=1S/C37H73NO3/c1-4-7-10-13-15-17-19-21-22-24-26-28-31-35(34-41-37(40)33-30-12-9-6-3)38-36(39)32-29-27-25-23-20-18-16-14-11-8-5-2/h35H,4-34H2,1-3H3,(H,38,39). The fraction of sp³-hybridized carbons (Fsp3) is 0.946. The van der Waals surface area contributed by atoms with Crippen molar-refractivity contribution in [1.82, 2.24) is 5.32 Å². The first-order valence-electron chi connectivity index (χ1n) is 18.6. The molecule has 0 radical (unpaired) electrons. The molecule has 0 heterocycles. The average Bonchev–Trinajstić information content (AvgIpc) is 2.97. The number of hydrogen-bond acceptors (Lipinski definition) is 3. The van der Waals surface area contributed by atoms with Crippen LogP contribution in [0.4, 0.5) is 0 Å². The molecule has 0 aliphatic rings. The number of hydrogen-bond donors (Lipinski definition) is 1. The predicted molar refractivity (Wildman–Crippen MR) is 178 cm³/mol. The van der Waals surface area contributed by atoms with Crippen LogP contribution in [0.2, 0.25) is 0 Å². The van der Waals surface area contributed by atoms with Crippen molar-refractivity contribution in [2.24, 2.45) is 0 Å². The summed E-state index contributed by atoms with van der Waals surface area (Å²) in [7, 11) is 0. The number of esters is 1. The van der Waals surface area contributed by atoms with Crippen molar-refractivity contribution in [2.45, 2.75) is 219 Å². The zero-order valence-electron chi connectivity index (χ0n) is 28.2. The Morgan fingerprint density at radius 3 is 1.24 bits per heavy atom. The summed E-state index contributed by atoms with van der Waals surface area (Å²) in [6.07, 6.45) is 36.4. The fourth-order valence-corrected chi connectivity index (χ4v) is 5.64. The molecule has 0 aliphatic heterocycles. The lowest BCUT2D eigenvalue weighted by Crippen LogP contribution is -2.38. The van der Waals surface area contributed by atoms with Crippen LogP contribution in [-0.4, -0.2) is 24.5 Å². The van der Waals surface area contributed by atoms with Crippen molar-refractivity contribution in [3.63, 3.8) is 0 Å². The Bertz CT molecular complexity index is 550. The van der Waals surface area contributed by atoms with Gasteiger partial charge < -0.3 is 10.1 Å². The van der Waals surface area contributed by atoms with Gasteiger partial charge in [-0.3, -0.25) is 9.59 Å². The van der Waals surface area contributed by atoms with Crippen LogP contribution in [0.15, 0.2) is 0 Å². The van der Waals surface area contributed by atoms with Crippen LogP contribution in [-0.2, 0) is 14.3 Å². The molecule has 1 N–H and O–H groups in total. The van der Waals surface area contributed by atoms with E-state index in [1.807, 2.05) is 0 Å². The van der Waals surface area contributed by atoms with Gasteiger partial charge in [-0.15, -0.1) is 0 Å². The lowest BCUT2D eigenvalue weighted by atomic mass is 10.0. The largest absolute Gasteiger partial charge is 0.463 e. The van der Waals surface area contributed by atoms with Crippen molar-refractivity contribution in [3.8, 4) is 0 Å². The number of carbonyl (C=O) groups excluding carboxylic acids is 2. The van der Waals surface area contributed by atoms with Gasteiger partial charge in [-0.25, -0.2) is 0 Å². The number of ether oxygens (including phenoxy) is 1. The highest BCUT2D eigenvalue weighted by Gasteiger charge is 2.15. The van der Waals surface area contributed by atoms with Gasteiger partial charge in [0.25, 0.3) is 0 Å². The number of rotatable bonds is 33. The highest BCUT2D eigenvalue weighted by atomic mass is 16.5. The average molecular weight is 580 g/mol. The van der Waals surface area contributed by atoms with Crippen LogP contribution < -0.4 is 5.32 Å². The molecule has 0 aromatic heterocycles. The van der Waals surface area contributed by atoms with E-state index in [1.165, 1.54) is 141 Å². The Morgan fingerprint density at radius 1 is 0.463 bits per heavy atom. The molecule has 0 rings (SSSR count). The molecule has 4 heteroatoms. The highest BCUT2D eigenvalue weighted by Crippen LogP contribution is 2.15. The molecule has 0 spiro atoms. The predicted octanol–water partition coefficient (Wildman–Crippen LogP) is 11.8. The summed E-state index contributed by atoms with van der Waals surface area (Å²) in [5, 5.41) is 3.21.